The molecule has 1 N–H and O–H groups in total. The van der Waals surface area contributed by atoms with Crippen LogP contribution in [0.2, 0.25) is 0 Å². The third kappa shape index (κ3) is 3.48. The lowest BCUT2D eigenvalue weighted by atomic mass is 9.48. The van der Waals surface area contributed by atoms with Crippen LogP contribution in [0.3, 0.4) is 0 Å². The van der Waals surface area contributed by atoms with E-state index >= 15 is 0 Å². The SMILES string of the molecule is CC(Nc1nc(-c2ccc(F)cc2)nnc1-c1ccccc1)C12CC3CC(CC(C3)C1)C2. The smallest absolute Gasteiger partial charge is 0.183 e. The summed E-state index contributed by atoms with van der Waals surface area (Å²) in [6, 6.07) is 16.7. The molecule has 0 amide bonds. The van der Waals surface area contributed by atoms with Crippen molar-refractivity contribution in [1.82, 2.24) is 15.2 Å². The number of halogens is 1. The van der Waals surface area contributed by atoms with Gasteiger partial charge >= 0.3 is 0 Å². The standard InChI is InChI=1S/C27H29FN4/c1-17(27-14-18-11-19(15-27)13-20(12-18)16-27)29-26-24(21-5-3-2-4-6-21)31-32-25(30-26)22-7-9-23(28)10-8-22/h2-10,17-20H,11-16H2,1H3,(H,29,30,32). The van der Waals surface area contributed by atoms with Gasteiger partial charge in [0.2, 0.25) is 0 Å². The summed E-state index contributed by atoms with van der Waals surface area (Å²) in [6.07, 6.45) is 8.30. The van der Waals surface area contributed by atoms with Crippen molar-refractivity contribution in [2.45, 2.75) is 51.5 Å². The van der Waals surface area contributed by atoms with Crippen molar-refractivity contribution in [1.29, 1.82) is 0 Å². The van der Waals surface area contributed by atoms with Gasteiger partial charge in [0, 0.05) is 17.2 Å². The van der Waals surface area contributed by atoms with E-state index < -0.39 is 0 Å². The van der Waals surface area contributed by atoms with Gasteiger partial charge in [-0.15, -0.1) is 10.2 Å². The van der Waals surface area contributed by atoms with Crippen molar-refractivity contribution >= 4 is 5.82 Å². The largest absolute Gasteiger partial charge is 0.365 e. The van der Waals surface area contributed by atoms with Crippen molar-refractivity contribution in [2.75, 3.05) is 5.32 Å². The molecule has 4 aliphatic rings. The van der Waals surface area contributed by atoms with E-state index in [-0.39, 0.29) is 5.82 Å². The molecule has 3 aromatic rings. The van der Waals surface area contributed by atoms with Crippen LogP contribution >= 0.6 is 0 Å². The highest BCUT2D eigenvalue weighted by atomic mass is 19.1. The Morgan fingerprint density at radius 1 is 0.844 bits per heavy atom. The Bertz CT molecular complexity index is 1080. The summed E-state index contributed by atoms with van der Waals surface area (Å²) in [6.45, 7) is 2.33. The quantitative estimate of drug-likeness (QED) is 0.514. The summed E-state index contributed by atoms with van der Waals surface area (Å²) < 4.78 is 13.4. The second-order valence-corrected chi connectivity index (χ2v) is 10.4. The van der Waals surface area contributed by atoms with Crippen molar-refractivity contribution in [3.63, 3.8) is 0 Å². The minimum absolute atomic E-state index is 0.267. The molecule has 4 bridgehead atoms. The van der Waals surface area contributed by atoms with E-state index in [1.165, 1.54) is 50.7 Å². The summed E-state index contributed by atoms with van der Waals surface area (Å²) in [7, 11) is 0. The number of nitrogens with one attached hydrogen (secondary N) is 1. The minimum atomic E-state index is -0.267. The normalized spacial score (nSPS) is 29.1. The molecule has 4 saturated carbocycles. The molecule has 0 radical (unpaired) electrons. The second kappa shape index (κ2) is 7.65. The van der Waals surface area contributed by atoms with Gasteiger partial charge in [0.05, 0.1) is 0 Å². The van der Waals surface area contributed by atoms with Gasteiger partial charge in [-0.1, -0.05) is 30.3 Å². The van der Waals surface area contributed by atoms with Crippen molar-refractivity contribution in [3.05, 3.63) is 60.4 Å². The fourth-order valence-corrected chi connectivity index (χ4v) is 7.00. The van der Waals surface area contributed by atoms with E-state index in [9.17, 15) is 4.39 Å². The van der Waals surface area contributed by atoms with E-state index in [1.807, 2.05) is 30.3 Å². The monoisotopic (exact) mass is 428 g/mol. The Kier molecular flexibility index (Phi) is 4.74. The van der Waals surface area contributed by atoms with Crippen LogP contribution in [-0.2, 0) is 0 Å². The van der Waals surface area contributed by atoms with E-state index in [0.717, 1.165) is 40.4 Å². The molecule has 4 aliphatic carbocycles. The van der Waals surface area contributed by atoms with Gasteiger partial charge in [-0.25, -0.2) is 9.37 Å². The molecule has 7 rings (SSSR count). The molecule has 1 aromatic heterocycles. The van der Waals surface area contributed by atoms with Gasteiger partial charge < -0.3 is 5.32 Å². The third-order valence-corrected chi connectivity index (χ3v) is 8.19. The predicted octanol–water partition coefficient (Wildman–Crippen LogP) is 6.36. The lowest BCUT2D eigenvalue weighted by Gasteiger charge is -2.59. The number of benzene rings is 2. The fourth-order valence-electron chi connectivity index (χ4n) is 7.00. The highest BCUT2D eigenvalue weighted by Gasteiger charge is 2.53. The molecule has 4 nitrogen and oxygen atoms in total. The second-order valence-electron chi connectivity index (χ2n) is 10.4. The molecule has 4 fully saturated rings. The number of hydrogen-bond acceptors (Lipinski definition) is 4. The van der Waals surface area contributed by atoms with Gasteiger partial charge in [0.25, 0.3) is 0 Å². The summed E-state index contributed by atoms with van der Waals surface area (Å²) in [5.74, 6) is 3.72. The maximum Gasteiger partial charge on any atom is 0.183 e. The Hall–Kier alpha value is -2.82. The molecule has 0 aliphatic heterocycles. The zero-order valence-electron chi connectivity index (χ0n) is 18.5. The van der Waals surface area contributed by atoms with Gasteiger partial charge in [0.1, 0.15) is 11.5 Å². The Balaban J connectivity index is 1.37. The number of hydrogen-bond donors (Lipinski definition) is 1. The summed E-state index contributed by atoms with van der Waals surface area (Å²) in [5.41, 5.74) is 2.89. The Labute approximate surface area is 188 Å². The van der Waals surface area contributed by atoms with Gasteiger partial charge in [-0.05, 0) is 92.9 Å². The van der Waals surface area contributed by atoms with Crippen molar-refractivity contribution in [2.24, 2.45) is 23.2 Å². The average Bonchev–Trinajstić information content (AvgIpc) is 2.79. The molecule has 32 heavy (non-hydrogen) atoms. The molecule has 1 heterocycles. The number of rotatable bonds is 5. The average molecular weight is 429 g/mol. The molecule has 164 valence electrons. The molecule has 1 atom stereocenters. The van der Waals surface area contributed by atoms with Crippen LogP contribution in [0, 0.1) is 29.0 Å². The van der Waals surface area contributed by atoms with E-state index in [4.69, 9.17) is 4.98 Å². The number of nitrogens with zero attached hydrogens (tertiary/aromatic N) is 3. The summed E-state index contributed by atoms with van der Waals surface area (Å²) >= 11 is 0. The third-order valence-electron chi connectivity index (χ3n) is 8.19. The van der Waals surface area contributed by atoms with Gasteiger partial charge in [-0.3, -0.25) is 0 Å². The molecule has 2 aromatic carbocycles. The highest BCUT2D eigenvalue weighted by Crippen LogP contribution is 2.61. The van der Waals surface area contributed by atoms with Crippen LogP contribution in [0.4, 0.5) is 10.2 Å². The minimum Gasteiger partial charge on any atom is -0.365 e. The predicted molar refractivity (Wildman–Crippen MR) is 124 cm³/mol. The molecular weight excluding hydrogens is 399 g/mol. The van der Waals surface area contributed by atoms with Crippen molar-refractivity contribution < 1.29 is 4.39 Å². The van der Waals surface area contributed by atoms with E-state index in [0.29, 0.717) is 17.3 Å². The van der Waals surface area contributed by atoms with Crippen LogP contribution in [0.25, 0.3) is 22.6 Å². The Morgan fingerprint density at radius 3 is 2.09 bits per heavy atom. The molecule has 0 saturated heterocycles. The first-order valence-electron chi connectivity index (χ1n) is 11.9. The topological polar surface area (TPSA) is 50.7 Å². The molecular formula is C27H29FN4. The zero-order valence-corrected chi connectivity index (χ0v) is 18.5. The molecule has 0 spiro atoms. The zero-order chi connectivity index (χ0) is 21.7. The lowest BCUT2D eigenvalue weighted by molar-refractivity contribution is -0.0603. The number of anilines is 1. The maximum atomic E-state index is 13.4. The van der Waals surface area contributed by atoms with E-state index in [2.05, 4.69) is 22.4 Å². The lowest BCUT2D eigenvalue weighted by Crippen LogP contribution is -2.53. The number of aromatic nitrogens is 3. The van der Waals surface area contributed by atoms with Gasteiger partial charge in [0.15, 0.2) is 11.6 Å². The van der Waals surface area contributed by atoms with Crippen LogP contribution in [0.1, 0.15) is 45.4 Å². The Morgan fingerprint density at radius 2 is 1.47 bits per heavy atom. The van der Waals surface area contributed by atoms with Crippen LogP contribution in [0.15, 0.2) is 54.6 Å². The molecule has 5 heteroatoms. The fraction of sp³-hybridized carbons (Fsp3) is 0.444. The highest BCUT2D eigenvalue weighted by molar-refractivity contribution is 5.72. The van der Waals surface area contributed by atoms with Crippen LogP contribution in [0.5, 0.6) is 0 Å². The van der Waals surface area contributed by atoms with Crippen LogP contribution in [-0.4, -0.2) is 21.2 Å². The van der Waals surface area contributed by atoms with Crippen molar-refractivity contribution in [3.8, 4) is 22.6 Å². The van der Waals surface area contributed by atoms with Gasteiger partial charge in [-0.2, -0.15) is 0 Å². The van der Waals surface area contributed by atoms with E-state index in [1.54, 1.807) is 12.1 Å². The first-order valence-corrected chi connectivity index (χ1v) is 11.9. The van der Waals surface area contributed by atoms with Crippen LogP contribution < -0.4 is 5.32 Å². The first-order chi connectivity index (χ1) is 15.6. The first kappa shape index (κ1) is 19.8. The molecule has 1 unspecified atom stereocenters. The summed E-state index contributed by atoms with van der Waals surface area (Å²) in [4.78, 5) is 4.91. The maximum absolute atomic E-state index is 13.4. The summed E-state index contributed by atoms with van der Waals surface area (Å²) in [5, 5.41) is 12.8.